The highest BCUT2D eigenvalue weighted by molar-refractivity contribution is 5.86. The Morgan fingerprint density at radius 3 is 2.07 bits per heavy atom. The standard InChI is InChI=1S/C18H33FN2O4.CH3NO/c1-11(22)18(8-12(19)9-18)21-14(23)13(10-16(2,3)4)20-15(24)25-17(5,6)7;2-1-3/h11-13,22H,8-10H2,1-7H3,(H,20,24)(H,21,23);1H,(H2,2,3). The van der Waals surface area contributed by atoms with Crippen molar-refractivity contribution in [2.24, 2.45) is 11.1 Å². The van der Waals surface area contributed by atoms with Gasteiger partial charge in [-0.05, 0) is 39.5 Å². The van der Waals surface area contributed by atoms with E-state index in [1.165, 1.54) is 6.92 Å². The van der Waals surface area contributed by atoms with Crippen LogP contribution in [0.5, 0.6) is 0 Å². The van der Waals surface area contributed by atoms with Gasteiger partial charge in [0, 0.05) is 12.8 Å². The largest absolute Gasteiger partial charge is 0.444 e. The van der Waals surface area contributed by atoms with Gasteiger partial charge in [0.15, 0.2) is 0 Å². The fourth-order valence-electron chi connectivity index (χ4n) is 2.88. The van der Waals surface area contributed by atoms with Crippen LogP contribution in [0.4, 0.5) is 9.18 Å². The topological polar surface area (TPSA) is 131 Å². The first-order valence-corrected chi connectivity index (χ1v) is 9.34. The first-order chi connectivity index (χ1) is 12.5. The van der Waals surface area contributed by atoms with Gasteiger partial charge >= 0.3 is 6.09 Å². The highest BCUT2D eigenvalue weighted by Crippen LogP contribution is 2.37. The zero-order valence-electron chi connectivity index (χ0n) is 18.0. The maximum atomic E-state index is 13.3. The average molecular weight is 406 g/mol. The number of carbonyl (C=O) groups is 3. The minimum Gasteiger partial charge on any atom is -0.444 e. The molecule has 1 aliphatic rings. The number of alkyl halides is 1. The van der Waals surface area contributed by atoms with Gasteiger partial charge in [0.25, 0.3) is 0 Å². The summed E-state index contributed by atoms with van der Waals surface area (Å²) in [7, 11) is 0. The number of halogens is 1. The van der Waals surface area contributed by atoms with Crippen LogP contribution in [0.1, 0.15) is 67.7 Å². The monoisotopic (exact) mass is 405 g/mol. The Morgan fingerprint density at radius 2 is 1.75 bits per heavy atom. The SMILES string of the molecule is CC(O)C1(NC(=O)C(CC(C)(C)C)NC(=O)OC(C)(C)C)CC(F)C1.NC=O. The maximum absolute atomic E-state index is 13.3. The molecule has 28 heavy (non-hydrogen) atoms. The molecule has 1 aliphatic carbocycles. The van der Waals surface area contributed by atoms with Crippen molar-refractivity contribution in [1.29, 1.82) is 0 Å². The lowest BCUT2D eigenvalue weighted by molar-refractivity contribution is -0.131. The molecule has 0 saturated heterocycles. The van der Waals surface area contributed by atoms with Gasteiger partial charge in [-0.3, -0.25) is 9.59 Å². The van der Waals surface area contributed by atoms with Crippen LogP contribution in [0, 0.1) is 5.41 Å². The van der Waals surface area contributed by atoms with Gasteiger partial charge in [-0.25, -0.2) is 9.18 Å². The van der Waals surface area contributed by atoms with E-state index in [4.69, 9.17) is 9.53 Å². The van der Waals surface area contributed by atoms with E-state index >= 15 is 0 Å². The van der Waals surface area contributed by atoms with Gasteiger partial charge in [-0.15, -0.1) is 0 Å². The van der Waals surface area contributed by atoms with Crippen LogP contribution in [0.15, 0.2) is 0 Å². The third kappa shape index (κ3) is 9.34. The molecule has 2 atom stereocenters. The van der Waals surface area contributed by atoms with Crippen LogP contribution in [-0.2, 0) is 14.3 Å². The molecule has 9 heteroatoms. The molecule has 1 fully saturated rings. The first kappa shape index (κ1) is 26.1. The van der Waals surface area contributed by atoms with Gasteiger partial charge in [-0.1, -0.05) is 20.8 Å². The lowest BCUT2D eigenvalue weighted by Crippen LogP contribution is -2.67. The van der Waals surface area contributed by atoms with Crippen LogP contribution < -0.4 is 16.4 Å². The Balaban J connectivity index is 0.00000227. The van der Waals surface area contributed by atoms with Gasteiger partial charge in [0.2, 0.25) is 12.3 Å². The second-order valence-electron chi connectivity index (χ2n) is 9.43. The van der Waals surface area contributed by atoms with Crippen molar-refractivity contribution in [3.63, 3.8) is 0 Å². The molecule has 0 radical (unpaired) electrons. The fourth-order valence-corrected chi connectivity index (χ4v) is 2.88. The van der Waals surface area contributed by atoms with E-state index in [2.05, 4.69) is 16.4 Å². The second-order valence-corrected chi connectivity index (χ2v) is 9.43. The molecule has 164 valence electrons. The lowest BCUT2D eigenvalue weighted by atomic mass is 9.71. The smallest absolute Gasteiger partial charge is 0.408 e. The number of hydrogen-bond donors (Lipinski definition) is 4. The van der Waals surface area contributed by atoms with Crippen LogP contribution in [0.25, 0.3) is 0 Å². The minimum absolute atomic E-state index is 0.0745. The summed E-state index contributed by atoms with van der Waals surface area (Å²) in [5.41, 5.74) is 2.29. The van der Waals surface area contributed by atoms with Crippen molar-refractivity contribution in [2.75, 3.05) is 0 Å². The average Bonchev–Trinajstić information content (AvgIpc) is 2.41. The molecule has 0 aromatic carbocycles. The van der Waals surface area contributed by atoms with Crippen molar-refractivity contribution >= 4 is 18.4 Å². The Morgan fingerprint density at radius 1 is 1.29 bits per heavy atom. The molecule has 2 unspecified atom stereocenters. The summed E-state index contributed by atoms with van der Waals surface area (Å²) in [5.74, 6) is -0.436. The number of nitrogens with two attached hydrogens (primary N) is 1. The molecular weight excluding hydrogens is 369 g/mol. The Kier molecular flexibility index (Phi) is 9.36. The summed E-state index contributed by atoms with van der Waals surface area (Å²) in [6.45, 7) is 12.6. The third-order valence-corrected chi connectivity index (χ3v) is 4.17. The molecule has 0 aromatic heterocycles. The minimum atomic E-state index is -1.03. The summed E-state index contributed by atoms with van der Waals surface area (Å²) in [6.07, 6.45) is -1.81. The maximum Gasteiger partial charge on any atom is 0.408 e. The highest BCUT2D eigenvalue weighted by Gasteiger charge is 2.50. The molecule has 5 N–H and O–H groups in total. The molecular formula is C19H36FN3O5. The number of primary amides is 1. The number of aliphatic hydroxyl groups excluding tert-OH is 1. The molecule has 0 bridgehead atoms. The van der Waals surface area contributed by atoms with Gasteiger partial charge in [0.1, 0.15) is 17.8 Å². The van der Waals surface area contributed by atoms with Crippen LogP contribution in [0.3, 0.4) is 0 Å². The van der Waals surface area contributed by atoms with Crippen molar-refractivity contribution in [2.45, 2.75) is 97.2 Å². The lowest BCUT2D eigenvalue weighted by Gasteiger charge is -2.47. The Labute approximate surface area is 166 Å². The molecule has 1 saturated carbocycles. The predicted molar refractivity (Wildman–Crippen MR) is 104 cm³/mol. The number of nitrogens with one attached hydrogen (secondary N) is 2. The summed E-state index contributed by atoms with van der Waals surface area (Å²) in [6, 6.07) is -0.830. The zero-order valence-corrected chi connectivity index (χ0v) is 18.0. The number of hydrogen-bond acceptors (Lipinski definition) is 5. The summed E-state index contributed by atoms with van der Waals surface area (Å²) in [4.78, 5) is 33.4. The van der Waals surface area contributed by atoms with Crippen LogP contribution in [0.2, 0.25) is 0 Å². The van der Waals surface area contributed by atoms with E-state index in [0.29, 0.717) is 6.42 Å². The van der Waals surface area contributed by atoms with E-state index in [1.807, 2.05) is 20.8 Å². The van der Waals surface area contributed by atoms with E-state index in [0.717, 1.165) is 0 Å². The molecule has 0 aliphatic heterocycles. The number of ether oxygens (including phenoxy) is 1. The number of amides is 3. The fraction of sp³-hybridized carbons (Fsp3) is 0.842. The molecule has 0 heterocycles. The number of aliphatic hydroxyl groups is 1. The molecule has 8 nitrogen and oxygen atoms in total. The number of alkyl carbamates (subject to hydrolysis) is 1. The van der Waals surface area contributed by atoms with E-state index in [1.54, 1.807) is 20.8 Å². The quantitative estimate of drug-likeness (QED) is 0.518. The molecule has 0 spiro atoms. The third-order valence-electron chi connectivity index (χ3n) is 4.17. The van der Waals surface area contributed by atoms with Crippen LogP contribution in [-0.4, -0.2) is 53.0 Å². The van der Waals surface area contributed by atoms with E-state index < -0.39 is 41.5 Å². The molecule has 1 rings (SSSR count). The van der Waals surface area contributed by atoms with Gasteiger partial charge < -0.3 is 26.2 Å². The predicted octanol–water partition coefficient (Wildman–Crippen LogP) is 1.79. The number of rotatable bonds is 5. The van der Waals surface area contributed by atoms with E-state index in [-0.39, 0.29) is 24.7 Å². The summed E-state index contributed by atoms with van der Waals surface area (Å²) < 4.78 is 18.6. The first-order valence-electron chi connectivity index (χ1n) is 9.34. The molecule has 0 aromatic rings. The summed E-state index contributed by atoms with van der Waals surface area (Å²) in [5, 5.41) is 15.3. The van der Waals surface area contributed by atoms with E-state index in [9.17, 15) is 19.1 Å². The zero-order chi connectivity index (χ0) is 22.3. The van der Waals surface area contributed by atoms with Crippen molar-refractivity contribution < 1.29 is 28.6 Å². The normalized spacial score (nSPS) is 23.8. The van der Waals surface area contributed by atoms with Crippen molar-refractivity contribution in [1.82, 2.24) is 10.6 Å². The summed E-state index contributed by atoms with van der Waals surface area (Å²) >= 11 is 0. The van der Waals surface area contributed by atoms with Crippen LogP contribution >= 0.6 is 0 Å². The Bertz CT molecular complexity index is 535. The van der Waals surface area contributed by atoms with Crippen molar-refractivity contribution in [3.8, 4) is 0 Å². The van der Waals surface area contributed by atoms with Gasteiger partial charge in [0.05, 0.1) is 11.6 Å². The van der Waals surface area contributed by atoms with Crippen molar-refractivity contribution in [3.05, 3.63) is 0 Å². The Hall–Kier alpha value is -1.90. The highest BCUT2D eigenvalue weighted by atomic mass is 19.1. The number of carbonyl (C=O) groups excluding carboxylic acids is 3. The second kappa shape index (κ2) is 10.0. The molecule has 3 amide bonds. The van der Waals surface area contributed by atoms with Gasteiger partial charge in [-0.2, -0.15) is 0 Å².